The second-order valence-electron chi connectivity index (χ2n) is 4.22. The number of hydrogen-bond donors (Lipinski definition) is 0. The van der Waals surface area contributed by atoms with E-state index in [0.29, 0.717) is 0 Å². The van der Waals surface area contributed by atoms with Gasteiger partial charge >= 0.3 is 0 Å². The molecule has 0 aliphatic carbocycles. The monoisotopic (exact) mass is 286 g/mol. The van der Waals surface area contributed by atoms with Crippen molar-refractivity contribution in [1.29, 1.82) is 0 Å². The number of halogens is 1. The third kappa shape index (κ3) is 3.94. The molecule has 13 heavy (non-hydrogen) atoms. The van der Waals surface area contributed by atoms with E-state index in [2.05, 4.69) is 73.7 Å². The number of hydrogen-bond acceptors (Lipinski definition) is 0. The molecule has 0 atom stereocenters. The first kappa shape index (κ1) is 10.8. The Labute approximate surface area is 94.2 Å². The predicted octanol–water partition coefficient (Wildman–Crippen LogP) is 4.51. The van der Waals surface area contributed by atoms with Crippen molar-refractivity contribution < 1.29 is 0 Å². The quantitative estimate of drug-likeness (QED) is 0.666. The van der Waals surface area contributed by atoms with E-state index >= 15 is 0 Å². The van der Waals surface area contributed by atoms with Gasteiger partial charge < -0.3 is 0 Å². The molecule has 0 aliphatic heterocycles. The minimum absolute atomic E-state index is 0.256. The van der Waals surface area contributed by atoms with Gasteiger partial charge in [0.2, 0.25) is 0 Å². The van der Waals surface area contributed by atoms with Gasteiger partial charge in [0.25, 0.3) is 0 Å². The Balaban J connectivity index is 2.92. The summed E-state index contributed by atoms with van der Waals surface area (Å²) in [6.07, 6.45) is 2.29. The molecule has 1 aromatic rings. The molecule has 0 aromatic heterocycles. The SMILES string of the molecule is CC(C)(C)/C=C(\I)c1ccccc1. The predicted molar refractivity (Wildman–Crippen MR) is 67.9 cm³/mol. The van der Waals surface area contributed by atoms with Gasteiger partial charge in [-0.1, -0.05) is 57.2 Å². The fourth-order valence-corrected chi connectivity index (χ4v) is 2.35. The lowest BCUT2D eigenvalue weighted by molar-refractivity contribution is 0.547. The molecule has 0 N–H and O–H groups in total. The molecule has 0 spiro atoms. The van der Waals surface area contributed by atoms with Crippen molar-refractivity contribution >= 4 is 26.2 Å². The van der Waals surface area contributed by atoms with E-state index in [4.69, 9.17) is 0 Å². The van der Waals surface area contributed by atoms with Crippen LogP contribution in [0.15, 0.2) is 36.4 Å². The molecule has 0 fully saturated rings. The number of rotatable bonds is 1. The van der Waals surface area contributed by atoms with Crippen molar-refractivity contribution in [2.75, 3.05) is 0 Å². The van der Waals surface area contributed by atoms with E-state index < -0.39 is 0 Å². The third-order valence-electron chi connectivity index (χ3n) is 1.61. The number of allylic oxidation sites excluding steroid dienone is 1. The molecule has 0 radical (unpaired) electrons. The van der Waals surface area contributed by atoms with Crippen LogP contribution in [0.1, 0.15) is 26.3 Å². The lowest BCUT2D eigenvalue weighted by atomic mass is 9.95. The van der Waals surface area contributed by atoms with Crippen LogP contribution in [0.3, 0.4) is 0 Å². The minimum atomic E-state index is 0.256. The van der Waals surface area contributed by atoms with Crippen molar-refractivity contribution in [2.45, 2.75) is 20.8 Å². The molecule has 0 saturated heterocycles. The normalized spacial score (nSPS) is 13.1. The summed E-state index contributed by atoms with van der Waals surface area (Å²) < 4.78 is 1.32. The smallest absolute Gasteiger partial charge is 0.0168 e. The summed E-state index contributed by atoms with van der Waals surface area (Å²) in [6.45, 7) is 6.65. The molecule has 0 aliphatic rings. The van der Waals surface area contributed by atoms with E-state index in [1.165, 1.54) is 9.14 Å². The standard InChI is InChI=1S/C12H15I/c1-12(2,3)9-11(13)10-7-5-4-6-8-10/h4-9H,1-3H3/b11-9-. The van der Waals surface area contributed by atoms with Crippen LogP contribution in [0.25, 0.3) is 3.58 Å². The molecule has 1 heteroatoms. The number of benzene rings is 1. The molecule has 1 rings (SSSR count). The molecule has 0 nitrogen and oxygen atoms in total. The molecule has 70 valence electrons. The summed E-state index contributed by atoms with van der Waals surface area (Å²) in [4.78, 5) is 0. The van der Waals surface area contributed by atoms with Crippen LogP contribution in [0.5, 0.6) is 0 Å². The van der Waals surface area contributed by atoms with Gasteiger partial charge in [0.05, 0.1) is 0 Å². The summed E-state index contributed by atoms with van der Waals surface area (Å²) in [5.74, 6) is 0. The van der Waals surface area contributed by atoms with Crippen LogP contribution in [0.4, 0.5) is 0 Å². The van der Waals surface area contributed by atoms with Crippen molar-refractivity contribution in [2.24, 2.45) is 5.41 Å². The van der Waals surface area contributed by atoms with Gasteiger partial charge in [0.1, 0.15) is 0 Å². The summed E-state index contributed by atoms with van der Waals surface area (Å²) in [7, 11) is 0. The molecule has 0 amide bonds. The largest absolute Gasteiger partial charge is 0.0651 e. The van der Waals surface area contributed by atoms with E-state index in [0.717, 1.165) is 0 Å². The Morgan fingerprint density at radius 2 is 1.69 bits per heavy atom. The molecular weight excluding hydrogens is 271 g/mol. The summed E-state index contributed by atoms with van der Waals surface area (Å²) in [5.41, 5.74) is 1.56. The maximum Gasteiger partial charge on any atom is 0.0168 e. The van der Waals surface area contributed by atoms with Crippen molar-refractivity contribution in [3.05, 3.63) is 42.0 Å². The Hall–Kier alpha value is -0.310. The maximum atomic E-state index is 2.39. The van der Waals surface area contributed by atoms with E-state index in [1.54, 1.807) is 0 Å². The third-order valence-corrected chi connectivity index (χ3v) is 2.54. The van der Waals surface area contributed by atoms with E-state index in [9.17, 15) is 0 Å². The Bertz CT molecular complexity index is 291. The topological polar surface area (TPSA) is 0 Å². The molecule has 0 unspecified atom stereocenters. The van der Waals surface area contributed by atoms with E-state index in [1.807, 2.05) is 6.07 Å². The van der Waals surface area contributed by atoms with Gasteiger partial charge in [0, 0.05) is 3.58 Å². The molecule has 0 heterocycles. The lowest BCUT2D eigenvalue weighted by Gasteiger charge is -2.13. The van der Waals surface area contributed by atoms with Gasteiger partial charge in [-0.05, 0) is 33.6 Å². The summed E-state index contributed by atoms with van der Waals surface area (Å²) in [6, 6.07) is 10.5. The van der Waals surface area contributed by atoms with Crippen LogP contribution in [-0.4, -0.2) is 0 Å². The summed E-state index contributed by atoms with van der Waals surface area (Å²) in [5, 5.41) is 0. The average Bonchev–Trinajstić information content (AvgIpc) is 2.03. The minimum Gasteiger partial charge on any atom is -0.0651 e. The molecule has 1 aromatic carbocycles. The second-order valence-corrected chi connectivity index (χ2v) is 5.39. The zero-order valence-corrected chi connectivity index (χ0v) is 10.5. The van der Waals surface area contributed by atoms with Gasteiger partial charge in [-0.25, -0.2) is 0 Å². The lowest BCUT2D eigenvalue weighted by Crippen LogP contribution is -1.99. The van der Waals surface area contributed by atoms with Crippen molar-refractivity contribution in [1.82, 2.24) is 0 Å². The molecule has 0 bridgehead atoms. The highest BCUT2D eigenvalue weighted by Gasteiger charge is 2.07. The van der Waals surface area contributed by atoms with Crippen LogP contribution in [0, 0.1) is 5.41 Å². The fourth-order valence-electron chi connectivity index (χ4n) is 1.06. The second kappa shape index (κ2) is 4.27. The highest BCUT2D eigenvalue weighted by Crippen LogP contribution is 2.28. The van der Waals surface area contributed by atoms with Gasteiger partial charge in [-0.15, -0.1) is 0 Å². The van der Waals surface area contributed by atoms with Crippen molar-refractivity contribution in [3.63, 3.8) is 0 Å². The maximum absolute atomic E-state index is 2.39. The Kier molecular flexibility index (Phi) is 3.54. The van der Waals surface area contributed by atoms with Crippen LogP contribution < -0.4 is 0 Å². The Morgan fingerprint density at radius 3 is 2.15 bits per heavy atom. The highest BCUT2D eigenvalue weighted by atomic mass is 127. The van der Waals surface area contributed by atoms with Crippen LogP contribution in [0.2, 0.25) is 0 Å². The molecular formula is C12H15I. The highest BCUT2D eigenvalue weighted by molar-refractivity contribution is 14.1. The summed E-state index contributed by atoms with van der Waals surface area (Å²) >= 11 is 2.39. The fraction of sp³-hybridized carbons (Fsp3) is 0.333. The molecule has 0 saturated carbocycles. The Morgan fingerprint density at radius 1 is 1.15 bits per heavy atom. The average molecular weight is 286 g/mol. The van der Waals surface area contributed by atoms with Crippen LogP contribution in [-0.2, 0) is 0 Å². The van der Waals surface area contributed by atoms with Gasteiger partial charge in [0.15, 0.2) is 0 Å². The van der Waals surface area contributed by atoms with Gasteiger partial charge in [-0.3, -0.25) is 0 Å². The zero-order valence-electron chi connectivity index (χ0n) is 8.34. The first-order valence-corrected chi connectivity index (χ1v) is 5.51. The van der Waals surface area contributed by atoms with Gasteiger partial charge in [-0.2, -0.15) is 0 Å². The van der Waals surface area contributed by atoms with E-state index in [-0.39, 0.29) is 5.41 Å². The first-order chi connectivity index (χ1) is 5.99. The zero-order chi connectivity index (χ0) is 9.90. The first-order valence-electron chi connectivity index (χ1n) is 4.43. The van der Waals surface area contributed by atoms with Crippen LogP contribution >= 0.6 is 22.6 Å². The van der Waals surface area contributed by atoms with Crippen molar-refractivity contribution in [3.8, 4) is 0 Å².